The quantitative estimate of drug-likeness (QED) is 0.785. The summed E-state index contributed by atoms with van der Waals surface area (Å²) in [4.78, 5) is 13.9. The van der Waals surface area contributed by atoms with Crippen molar-refractivity contribution >= 4 is 11.5 Å². The molecule has 1 aliphatic heterocycles. The summed E-state index contributed by atoms with van der Waals surface area (Å²) in [5, 5.41) is 16.9. The fourth-order valence-corrected chi connectivity index (χ4v) is 1.98. The lowest BCUT2D eigenvalue weighted by molar-refractivity contribution is -0.122. The normalized spacial score (nSPS) is 16.5. The average molecular weight is 264 g/mol. The standard InChI is InChI=1S/C12H20N6O/c1-9(2)6-13-11(19)8-18-5-3-4-10(7-18)12-14-16-17-15-12/h4,9H,3,5-8H2,1-2H3,(H,13,19)(H,14,15,16,17). The van der Waals surface area contributed by atoms with Gasteiger partial charge in [-0.25, -0.2) is 0 Å². The number of hydrogen-bond acceptors (Lipinski definition) is 5. The molecule has 0 fully saturated rings. The number of rotatable bonds is 5. The van der Waals surface area contributed by atoms with E-state index in [2.05, 4.69) is 50.8 Å². The highest BCUT2D eigenvalue weighted by Gasteiger charge is 2.18. The first kappa shape index (κ1) is 13.7. The Labute approximate surface area is 112 Å². The number of tetrazole rings is 1. The lowest BCUT2D eigenvalue weighted by Crippen LogP contribution is -2.40. The molecular formula is C12H20N6O. The molecule has 2 heterocycles. The molecule has 1 amide bonds. The number of carbonyl (C=O) groups is 1. The van der Waals surface area contributed by atoms with E-state index >= 15 is 0 Å². The van der Waals surface area contributed by atoms with Gasteiger partial charge in [0.1, 0.15) is 0 Å². The summed E-state index contributed by atoms with van der Waals surface area (Å²) in [5.41, 5.74) is 1.02. The Morgan fingerprint density at radius 3 is 3.11 bits per heavy atom. The molecular weight excluding hydrogens is 244 g/mol. The first-order valence-corrected chi connectivity index (χ1v) is 6.57. The number of aromatic amines is 1. The Morgan fingerprint density at radius 1 is 1.58 bits per heavy atom. The first-order chi connectivity index (χ1) is 9.15. The van der Waals surface area contributed by atoms with Gasteiger partial charge in [0.15, 0.2) is 0 Å². The van der Waals surface area contributed by atoms with Crippen LogP contribution in [0.5, 0.6) is 0 Å². The predicted octanol–water partition coefficient (Wildman–Crippen LogP) is 0.0610. The molecule has 0 radical (unpaired) electrons. The molecule has 0 aliphatic carbocycles. The van der Waals surface area contributed by atoms with Crippen LogP contribution in [0.15, 0.2) is 6.08 Å². The molecule has 0 atom stereocenters. The third kappa shape index (κ3) is 4.13. The summed E-state index contributed by atoms with van der Waals surface area (Å²) in [6.45, 7) is 6.88. The highest BCUT2D eigenvalue weighted by molar-refractivity contribution is 5.78. The SMILES string of the molecule is CC(C)CNC(=O)CN1CCC=C(c2nn[nH]n2)C1. The zero-order valence-electron chi connectivity index (χ0n) is 11.4. The van der Waals surface area contributed by atoms with Gasteiger partial charge < -0.3 is 5.32 Å². The van der Waals surface area contributed by atoms with Crippen molar-refractivity contribution in [3.63, 3.8) is 0 Å². The molecule has 0 saturated heterocycles. The Balaban J connectivity index is 1.83. The first-order valence-electron chi connectivity index (χ1n) is 6.57. The number of nitrogens with zero attached hydrogens (tertiary/aromatic N) is 4. The van der Waals surface area contributed by atoms with Crippen LogP contribution in [-0.4, -0.2) is 57.6 Å². The molecule has 104 valence electrons. The Kier molecular flexibility index (Phi) is 4.62. The van der Waals surface area contributed by atoms with Crippen LogP contribution in [0, 0.1) is 5.92 Å². The fraction of sp³-hybridized carbons (Fsp3) is 0.667. The van der Waals surface area contributed by atoms with Crippen LogP contribution in [0.1, 0.15) is 26.1 Å². The van der Waals surface area contributed by atoms with Gasteiger partial charge in [-0.1, -0.05) is 19.9 Å². The number of carbonyl (C=O) groups excluding carboxylic acids is 1. The van der Waals surface area contributed by atoms with E-state index in [0.29, 0.717) is 24.8 Å². The van der Waals surface area contributed by atoms with E-state index in [4.69, 9.17) is 0 Å². The van der Waals surface area contributed by atoms with Crippen LogP contribution in [-0.2, 0) is 4.79 Å². The van der Waals surface area contributed by atoms with E-state index in [0.717, 1.165) is 25.1 Å². The highest BCUT2D eigenvalue weighted by Crippen LogP contribution is 2.16. The van der Waals surface area contributed by atoms with Crippen LogP contribution in [0.25, 0.3) is 5.57 Å². The fourth-order valence-electron chi connectivity index (χ4n) is 1.98. The van der Waals surface area contributed by atoms with E-state index in [1.807, 2.05) is 0 Å². The number of nitrogens with one attached hydrogen (secondary N) is 2. The van der Waals surface area contributed by atoms with Crippen molar-refractivity contribution < 1.29 is 4.79 Å². The zero-order chi connectivity index (χ0) is 13.7. The molecule has 1 aromatic rings. The monoisotopic (exact) mass is 264 g/mol. The maximum Gasteiger partial charge on any atom is 0.234 e. The second kappa shape index (κ2) is 6.42. The minimum atomic E-state index is 0.0723. The summed E-state index contributed by atoms with van der Waals surface area (Å²) < 4.78 is 0. The molecule has 1 aliphatic rings. The van der Waals surface area contributed by atoms with E-state index < -0.39 is 0 Å². The van der Waals surface area contributed by atoms with Gasteiger partial charge in [-0.2, -0.15) is 5.21 Å². The van der Waals surface area contributed by atoms with Gasteiger partial charge >= 0.3 is 0 Å². The second-order valence-electron chi connectivity index (χ2n) is 5.16. The van der Waals surface area contributed by atoms with E-state index in [1.54, 1.807) is 0 Å². The van der Waals surface area contributed by atoms with Crippen LogP contribution in [0.4, 0.5) is 0 Å². The van der Waals surface area contributed by atoms with E-state index in [-0.39, 0.29) is 5.91 Å². The number of hydrogen-bond donors (Lipinski definition) is 2. The molecule has 2 rings (SSSR count). The Bertz CT molecular complexity index is 439. The maximum absolute atomic E-state index is 11.8. The van der Waals surface area contributed by atoms with E-state index in [9.17, 15) is 4.79 Å². The summed E-state index contributed by atoms with van der Waals surface area (Å²) in [6, 6.07) is 0. The lowest BCUT2D eigenvalue weighted by Gasteiger charge is -2.25. The van der Waals surface area contributed by atoms with Crippen LogP contribution in [0.3, 0.4) is 0 Å². The molecule has 0 saturated carbocycles. The summed E-state index contributed by atoms with van der Waals surface area (Å²) in [5.74, 6) is 1.16. The van der Waals surface area contributed by atoms with Crippen molar-refractivity contribution in [3.05, 3.63) is 11.9 Å². The molecule has 7 heteroatoms. The lowest BCUT2D eigenvalue weighted by atomic mass is 10.1. The van der Waals surface area contributed by atoms with Crippen molar-refractivity contribution in [2.45, 2.75) is 20.3 Å². The smallest absolute Gasteiger partial charge is 0.234 e. The molecule has 2 N–H and O–H groups in total. The molecule has 19 heavy (non-hydrogen) atoms. The van der Waals surface area contributed by atoms with Gasteiger partial charge in [0.25, 0.3) is 0 Å². The Hall–Kier alpha value is -1.76. The summed E-state index contributed by atoms with van der Waals surface area (Å²) in [6.07, 6.45) is 3.01. The molecule has 1 aromatic heterocycles. The number of amides is 1. The van der Waals surface area contributed by atoms with E-state index in [1.165, 1.54) is 0 Å². The molecule has 0 aromatic carbocycles. The average Bonchev–Trinajstić information content (AvgIpc) is 2.90. The van der Waals surface area contributed by atoms with Crippen molar-refractivity contribution in [2.75, 3.05) is 26.2 Å². The molecule has 0 bridgehead atoms. The van der Waals surface area contributed by atoms with Gasteiger partial charge in [-0.05, 0) is 17.6 Å². The topological polar surface area (TPSA) is 86.8 Å². The van der Waals surface area contributed by atoms with Crippen LogP contribution < -0.4 is 5.32 Å². The van der Waals surface area contributed by atoms with Gasteiger partial charge in [0, 0.05) is 25.2 Å². The largest absolute Gasteiger partial charge is 0.355 e. The van der Waals surface area contributed by atoms with Crippen LogP contribution >= 0.6 is 0 Å². The van der Waals surface area contributed by atoms with Gasteiger partial charge in [0.05, 0.1) is 6.54 Å². The molecule has 7 nitrogen and oxygen atoms in total. The molecule has 0 spiro atoms. The highest BCUT2D eigenvalue weighted by atomic mass is 16.2. The van der Waals surface area contributed by atoms with Gasteiger partial charge in [0.2, 0.25) is 11.7 Å². The third-order valence-corrected chi connectivity index (χ3v) is 2.94. The number of aromatic nitrogens is 4. The van der Waals surface area contributed by atoms with Crippen molar-refractivity contribution in [2.24, 2.45) is 5.92 Å². The predicted molar refractivity (Wildman–Crippen MR) is 71.1 cm³/mol. The van der Waals surface area contributed by atoms with Crippen molar-refractivity contribution in [1.82, 2.24) is 30.8 Å². The van der Waals surface area contributed by atoms with Crippen molar-refractivity contribution in [1.29, 1.82) is 0 Å². The van der Waals surface area contributed by atoms with Crippen molar-refractivity contribution in [3.8, 4) is 0 Å². The van der Waals surface area contributed by atoms with Gasteiger partial charge in [-0.15, -0.1) is 10.2 Å². The Morgan fingerprint density at radius 2 is 2.42 bits per heavy atom. The minimum Gasteiger partial charge on any atom is -0.355 e. The van der Waals surface area contributed by atoms with Crippen LogP contribution in [0.2, 0.25) is 0 Å². The summed E-state index contributed by atoms with van der Waals surface area (Å²) >= 11 is 0. The third-order valence-electron chi connectivity index (χ3n) is 2.94. The minimum absolute atomic E-state index is 0.0723. The molecule has 0 unspecified atom stereocenters. The number of H-pyrrole nitrogens is 1. The zero-order valence-corrected chi connectivity index (χ0v) is 11.4. The summed E-state index contributed by atoms with van der Waals surface area (Å²) in [7, 11) is 0. The second-order valence-corrected chi connectivity index (χ2v) is 5.16. The maximum atomic E-state index is 11.8. The van der Waals surface area contributed by atoms with Gasteiger partial charge in [-0.3, -0.25) is 9.69 Å².